The summed E-state index contributed by atoms with van der Waals surface area (Å²) in [5, 5.41) is 3.12. The molecule has 0 spiro atoms. The first-order valence-electron chi connectivity index (χ1n) is 6.75. The van der Waals surface area contributed by atoms with Gasteiger partial charge in [0.25, 0.3) is 0 Å². The smallest absolute Gasteiger partial charge is 0.104 e. The van der Waals surface area contributed by atoms with Crippen LogP contribution < -0.4 is 5.32 Å². The number of allylic oxidation sites excluding steroid dienone is 5. The molecule has 0 saturated carbocycles. The molecule has 19 heavy (non-hydrogen) atoms. The average Bonchev–Trinajstić information content (AvgIpc) is 2.74. The van der Waals surface area contributed by atoms with Crippen molar-refractivity contribution in [2.24, 2.45) is 0 Å². The van der Waals surface area contributed by atoms with Crippen LogP contribution in [-0.4, -0.2) is 20.2 Å². The maximum absolute atomic E-state index is 6.07. The van der Waals surface area contributed by atoms with E-state index in [1.165, 1.54) is 11.1 Å². The Morgan fingerprint density at radius 1 is 1.16 bits per heavy atom. The van der Waals surface area contributed by atoms with Crippen molar-refractivity contribution in [2.75, 3.05) is 20.2 Å². The first-order valence-corrected chi connectivity index (χ1v) is 6.75. The fourth-order valence-electron chi connectivity index (χ4n) is 2.11. The Morgan fingerprint density at radius 3 is 2.79 bits per heavy atom. The monoisotopic (exact) mass is 255 g/mol. The van der Waals surface area contributed by atoms with Crippen LogP contribution in [0.2, 0.25) is 0 Å². The van der Waals surface area contributed by atoms with Gasteiger partial charge < -0.3 is 10.1 Å². The van der Waals surface area contributed by atoms with Crippen molar-refractivity contribution >= 4 is 0 Å². The van der Waals surface area contributed by atoms with Gasteiger partial charge in [-0.3, -0.25) is 0 Å². The zero-order valence-electron chi connectivity index (χ0n) is 11.4. The minimum Gasteiger partial charge on any atom is -0.368 e. The Morgan fingerprint density at radius 2 is 2.00 bits per heavy atom. The van der Waals surface area contributed by atoms with Crippen LogP contribution in [0.5, 0.6) is 0 Å². The minimum absolute atomic E-state index is 0.0435. The summed E-state index contributed by atoms with van der Waals surface area (Å²) in [5.41, 5.74) is 2.51. The van der Waals surface area contributed by atoms with Gasteiger partial charge in [-0.25, -0.2) is 0 Å². The first-order chi connectivity index (χ1) is 9.42. The molecule has 1 aromatic rings. The molecule has 2 nitrogen and oxygen atoms in total. The molecule has 2 rings (SSSR count). The van der Waals surface area contributed by atoms with E-state index in [1.807, 2.05) is 13.1 Å². The maximum atomic E-state index is 6.07. The molecule has 0 aliphatic heterocycles. The number of hydrogen-bond acceptors (Lipinski definition) is 2. The van der Waals surface area contributed by atoms with Gasteiger partial charge >= 0.3 is 0 Å². The van der Waals surface area contributed by atoms with Gasteiger partial charge in [-0.1, -0.05) is 60.7 Å². The van der Waals surface area contributed by atoms with Crippen LogP contribution >= 0.6 is 0 Å². The van der Waals surface area contributed by atoms with Gasteiger partial charge in [0.1, 0.15) is 6.10 Å². The normalized spacial score (nSPS) is 15.9. The van der Waals surface area contributed by atoms with Crippen molar-refractivity contribution in [2.45, 2.75) is 12.5 Å². The summed E-state index contributed by atoms with van der Waals surface area (Å²) in [6.45, 7) is 1.57. The predicted octanol–water partition coefficient (Wildman–Crippen LogP) is 3.41. The third kappa shape index (κ3) is 4.19. The highest BCUT2D eigenvalue weighted by Crippen LogP contribution is 2.29. The SMILES string of the molecule is CNCCOC(C1=CC=CC=CC1)c1ccccc1. The molecule has 0 aromatic heterocycles. The third-order valence-electron chi connectivity index (χ3n) is 3.10. The second-order valence-electron chi connectivity index (χ2n) is 4.52. The van der Waals surface area contributed by atoms with Crippen LogP contribution in [0.4, 0.5) is 0 Å². The van der Waals surface area contributed by atoms with Crippen molar-refractivity contribution in [1.82, 2.24) is 5.32 Å². The Kier molecular flexibility index (Phi) is 5.60. The van der Waals surface area contributed by atoms with Gasteiger partial charge in [0.2, 0.25) is 0 Å². The first kappa shape index (κ1) is 13.8. The van der Waals surface area contributed by atoms with E-state index in [0.717, 1.165) is 13.0 Å². The number of benzene rings is 1. The van der Waals surface area contributed by atoms with Crippen molar-refractivity contribution in [3.8, 4) is 0 Å². The number of hydrogen-bond donors (Lipinski definition) is 1. The number of likely N-dealkylation sites (N-methyl/N-ethyl adjacent to an activating group) is 1. The largest absolute Gasteiger partial charge is 0.368 e. The number of nitrogens with one attached hydrogen (secondary N) is 1. The molecule has 0 amide bonds. The predicted molar refractivity (Wildman–Crippen MR) is 80.0 cm³/mol. The van der Waals surface area contributed by atoms with Crippen LogP contribution in [-0.2, 0) is 4.74 Å². The Bertz CT molecular complexity index is 459. The summed E-state index contributed by atoms with van der Waals surface area (Å²) >= 11 is 0. The van der Waals surface area contributed by atoms with Crippen LogP contribution in [0, 0.1) is 0 Å². The average molecular weight is 255 g/mol. The molecule has 1 unspecified atom stereocenters. The molecular weight excluding hydrogens is 234 g/mol. The van der Waals surface area contributed by atoms with E-state index >= 15 is 0 Å². The van der Waals surface area contributed by atoms with Crippen molar-refractivity contribution in [3.05, 3.63) is 71.8 Å². The second kappa shape index (κ2) is 7.72. The Balaban J connectivity index is 2.16. The molecule has 2 heteroatoms. The molecule has 1 aliphatic carbocycles. The molecule has 0 bridgehead atoms. The highest BCUT2D eigenvalue weighted by Gasteiger charge is 2.16. The molecule has 0 radical (unpaired) electrons. The van der Waals surface area contributed by atoms with Gasteiger partial charge in [-0.15, -0.1) is 0 Å². The van der Waals surface area contributed by atoms with E-state index in [2.05, 4.69) is 60.0 Å². The highest BCUT2D eigenvalue weighted by atomic mass is 16.5. The molecule has 100 valence electrons. The Hall–Kier alpha value is -1.64. The van der Waals surface area contributed by atoms with Gasteiger partial charge in [0.05, 0.1) is 6.61 Å². The van der Waals surface area contributed by atoms with E-state index < -0.39 is 0 Å². The molecule has 0 saturated heterocycles. The van der Waals surface area contributed by atoms with Gasteiger partial charge in [-0.05, 0) is 24.6 Å². The quantitative estimate of drug-likeness (QED) is 0.787. The summed E-state index contributed by atoms with van der Waals surface area (Å²) in [4.78, 5) is 0. The molecule has 0 fully saturated rings. The fraction of sp³-hybridized carbons (Fsp3) is 0.294. The summed E-state index contributed by atoms with van der Waals surface area (Å²) < 4.78 is 6.07. The van der Waals surface area contributed by atoms with Crippen LogP contribution in [0.3, 0.4) is 0 Å². The summed E-state index contributed by atoms with van der Waals surface area (Å²) in [7, 11) is 1.94. The minimum atomic E-state index is 0.0435. The lowest BCUT2D eigenvalue weighted by Crippen LogP contribution is -2.17. The Labute approximate surface area is 115 Å². The summed E-state index contributed by atoms with van der Waals surface area (Å²) in [5.74, 6) is 0. The van der Waals surface area contributed by atoms with E-state index in [0.29, 0.717) is 6.61 Å². The summed E-state index contributed by atoms with van der Waals surface area (Å²) in [6, 6.07) is 10.4. The number of rotatable bonds is 6. The molecule has 0 heterocycles. The van der Waals surface area contributed by atoms with Crippen molar-refractivity contribution < 1.29 is 4.74 Å². The van der Waals surface area contributed by atoms with Crippen molar-refractivity contribution in [3.63, 3.8) is 0 Å². The van der Waals surface area contributed by atoms with Gasteiger partial charge in [0.15, 0.2) is 0 Å². The molecule has 1 aromatic carbocycles. The van der Waals surface area contributed by atoms with E-state index in [9.17, 15) is 0 Å². The van der Waals surface area contributed by atoms with Crippen LogP contribution in [0.1, 0.15) is 18.1 Å². The molecule has 1 atom stereocenters. The lowest BCUT2D eigenvalue weighted by molar-refractivity contribution is 0.0790. The topological polar surface area (TPSA) is 21.3 Å². The van der Waals surface area contributed by atoms with Crippen molar-refractivity contribution in [1.29, 1.82) is 0 Å². The fourth-order valence-corrected chi connectivity index (χ4v) is 2.11. The van der Waals surface area contributed by atoms with E-state index in [4.69, 9.17) is 4.74 Å². The second-order valence-corrected chi connectivity index (χ2v) is 4.52. The number of ether oxygens (including phenoxy) is 1. The highest BCUT2D eigenvalue weighted by molar-refractivity contribution is 5.32. The molecule has 1 aliphatic rings. The molecular formula is C17H21NO. The maximum Gasteiger partial charge on any atom is 0.104 e. The lowest BCUT2D eigenvalue weighted by atomic mass is 9.98. The summed E-state index contributed by atoms with van der Waals surface area (Å²) in [6.07, 6.45) is 11.5. The van der Waals surface area contributed by atoms with E-state index in [-0.39, 0.29) is 6.10 Å². The van der Waals surface area contributed by atoms with Gasteiger partial charge in [-0.2, -0.15) is 0 Å². The van der Waals surface area contributed by atoms with Gasteiger partial charge in [0, 0.05) is 6.54 Å². The molecule has 1 N–H and O–H groups in total. The zero-order chi connectivity index (χ0) is 13.3. The third-order valence-corrected chi connectivity index (χ3v) is 3.10. The zero-order valence-corrected chi connectivity index (χ0v) is 11.4. The van der Waals surface area contributed by atoms with E-state index in [1.54, 1.807) is 0 Å². The standard InChI is InChI=1S/C17H21NO/c1-18-13-14-19-17(16-11-7-4-8-12-16)15-9-5-2-3-6-10-15/h2-9,11-12,17-18H,10,13-14H2,1H3. The lowest BCUT2D eigenvalue weighted by Gasteiger charge is -2.21. The van der Waals surface area contributed by atoms with Crippen LogP contribution in [0.15, 0.2) is 66.3 Å². The van der Waals surface area contributed by atoms with Crippen LogP contribution in [0.25, 0.3) is 0 Å².